The van der Waals surface area contributed by atoms with Crippen LogP contribution in [0.4, 0.5) is 0 Å². The Morgan fingerprint density at radius 2 is 2.06 bits per heavy atom. The third kappa shape index (κ3) is 3.86. The number of nitrogens with one attached hydrogen (secondary N) is 2. The number of hydrogen-bond donors (Lipinski definition) is 2. The first-order valence-corrected chi connectivity index (χ1v) is 6.41. The Balaban J connectivity index is 1.80. The molecule has 2 rings (SSSR count). The van der Waals surface area contributed by atoms with E-state index in [1.54, 1.807) is 0 Å². The van der Waals surface area contributed by atoms with Crippen molar-refractivity contribution in [2.45, 2.75) is 38.3 Å². The summed E-state index contributed by atoms with van der Waals surface area (Å²) in [5, 5.41) is 6.30. The van der Waals surface area contributed by atoms with E-state index in [2.05, 4.69) is 10.6 Å². The minimum Gasteiger partial charge on any atom is -0.351 e. The van der Waals surface area contributed by atoms with Crippen molar-refractivity contribution in [2.75, 3.05) is 6.54 Å². The van der Waals surface area contributed by atoms with Crippen molar-refractivity contribution in [3.05, 3.63) is 35.9 Å². The van der Waals surface area contributed by atoms with Crippen LogP contribution in [0.2, 0.25) is 0 Å². The zero-order chi connectivity index (χ0) is 11.9. The molecular weight excluding hydrogens is 212 g/mol. The van der Waals surface area contributed by atoms with Gasteiger partial charge in [0.2, 0.25) is 5.91 Å². The van der Waals surface area contributed by atoms with Gasteiger partial charge in [-0.15, -0.1) is 0 Å². The SMILES string of the molecule is O=C(NCc1ccccc1)[C@H]1CCCCCN1. The molecule has 0 spiro atoms. The van der Waals surface area contributed by atoms with Gasteiger partial charge in [-0.2, -0.15) is 0 Å². The van der Waals surface area contributed by atoms with E-state index in [0.29, 0.717) is 6.54 Å². The molecule has 1 aliphatic heterocycles. The lowest BCUT2D eigenvalue weighted by Crippen LogP contribution is -2.43. The molecule has 0 saturated carbocycles. The summed E-state index contributed by atoms with van der Waals surface area (Å²) in [6, 6.07) is 10.0. The lowest BCUT2D eigenvalue weighted by atomic mass is 10.1. The maximum absolute atomic E-state index is 12.0. The zero-order valence-corrected chi connectivity index (χ0v) is 10.1. The highest BCUT2D eigenvalue weighted by Gasteiger charge is 2.18. The van der Waals surface area contributed by atoms with Crippen molar-refractivity contribution in [1.82, 2.24) is 10.6 Å². The lowest BCUT2D eigenvalue weighted by Gasteiger charge is -2.15. The van der Waals surface area contributed by atoms with Crippen LogP contribution in [0.15, 0.2) is 30.3 Å². The van der Waals surface area contributed by atoms with E-state index in [-0.39, 0.29) is 11.9 Å². The molecule has 2 N–H and O–H groups in total. The third-order valence-corrected chi connectivity index (χ3v) is 3.19. The van der Waals surface area contributed by atoms with Gasteiger partial charge in [0.05, 0.1) is 6.04 Å². The van der Waals surface area contributed by atoms with Crippen molar-refractivity contribution in [3.8, 4) is 0 Å². The van der Waals surface area contributed by atoms with Crippen LogP contribution in [0, 0.1) is 0 Å². The van der Waals surface area contributed by atoms with E-state index >= 15 is 0 Å². The molecular formula is C14H20N2O. The molecule has 1 aliphatic rings. The summed E-state index contributed by atoms with van der Waals surface area (Å²) in [6.07, 6.45) is 4.52. The fourth-order valence-electron chi connectivity index (χ4n) is 2.16. The van der Waals surface area contributed by atoms with Crippen LogP contribution in [-0.2, 0) is 11.3 Å². The van der Waals surface area contributed by atoms with Gasteiger partial charge in [0.15, 0.2) is 0 Å². The molecule has 1 atom stereocenters. The molecule has 0 radical (unpaired) electrons. The summed E-state index contributed by atoms with van der Waals surface area (Å²) in [7, 11) is 0. The van der Waals surface area contributed by atoms with Crippen molar-refractivity contribution in [3.63, 3.8) is 0 Å². The number of rotatable bonds is 3. The van der Waals surface area contributed by atoms with Gasteiger partial charge in [-0.1, -0.05) is 43.2 Å². The first-order valence-electron chi connectivity index (χ1n) is 6.41. The van der Waals surface area contributed by atoms with Crippen molar-refractivity contribution in [2.24, 2.45) is 0 Å². The second-order valence-electron chi connectivity index (χ2n) is 4.56. The molecule has 3 nitrogen and oxygen atoms in total. The van der Waals surface area contributed by atoms with E-state index in [9.17, 15) is 4.79 Å². The molecule has 0 unspecified atom stereocenters. The number of benzene rings is 1. The summed E-state index contributed by atoms with van der Waals surface area (Å²) in [5.41, 5.74) is 1.15. The highest BCUT2D eigenvalue weighted by Crippen LogP contribution is 2.08. The highest BCUT2D eigenvalue weighted by molar-refractivity contribution is 5.81. The smallest absolute Gasteiger partial charge is 0.237 e. The molecule has 0 aliphatic carbocycles. The minimum atomic E-state index is 0.00112. The minimum absolute atomic E-state index is 0.00112. The summed E-state index contributed by atoms with van der Waals surface area (Å²) in [6.45, 7) is 1.58. The molecule has 92 valence electrons. The van der Waals surface area contributed by atoms with Crippen LogP contribution in [0.1, 0.15) is 31.2 Å². The maximum atomic E-state index is 12.0. The van der Waals surface area contributed by atoms with Gasteiger partial charge < -0.3 is 10.6 Å². The van der Waals surface area contributed by atoms with Gasteiger partial charge in [0.25, 0.3) is 0 Å². The number of amides is 1. The molecule has 1 heterocycles. The fourth-order valence-corrected chi connectivity index (χ4v) is 2.16. The third-order valence-electron chi connectivity index (χ3n) is 3.19. The van der Waals surface area contributed by atoms with E-state index < -0.39 is 0 Å². The Morgan fingerprint density at radius 3 is 2.88 bits per heavy atom. The Morgan fingerprint density at radius 1 is 1.24 bits per heavy atom. The molecule has 1 saturated heterocycles. The largest absolute Gasteiger partial charge is 0.351 e. The highest BCUT2D eigenvalue weighted by atomic mass is 16.2. The molecule has 1 amide bonds. The van der Waals surface area contributed by atoms with Crippen LogP contribution < -0.4 is 10.6 Å². The van der Waals surface area contributed by atoms with Gasteiger partial charge in [0.1, 0.15) is 0 Å². The predicted octanol–water partition coefficient (Wildman–Crippen LogP) is 1.83. The number of hydrogen-bond acceptors (Lipinski definition) is 2. The first-order chi connectivity index (χ1) is 8.36. The zero-order valence-electron chi connectivity index (χ0n) is 10.1. The molecule has 17 heavy (non-hydrogen) atoms. The molecule has 1 fully saturated rings. The van der Waals surface area contributed by atoms with Gasteiger partial charge in [-0.05, 0) is 24.9 Å². The average Bonchev–Trinajstić information content (AvgIpc) is 2.66. The van der Waals surface area contributed by atoms with Crippen LogP contribution in [0.5, 0.6) is 0 Å². The second-order valence-corrected chi connectivity index (χ2v) is 4.56. The van der Waals surface area contributed by atoms with E-state index in [1.165, 1.54) is 12.8 Å². The summed E-state index contributed by atoms with van der Waals surface area (Å²) in [4.78, 5) is 12.0. The topological polar surface area (TPSA) is 41.1 Å². The lowest BCUT2D eigenvalue weighted by molar-refractivity contribution is -0.123. The molecule has 1 aromatic carbocycles. The van der Waals surface area contributed by atoms with Crippen LogP contribution >= 0.6 is 0 Å². The van der Waals surface area contributed by atoms with Crippen molar-refractivity contribution < 1.29 is 4.79 Å². The van der Waals surface area contributed by atoms with E-state index in [0.717, 1.165) is 24.9 Å². The molecule has 0 bridgehead atoms. The maximum Gasteiger partial charge on any atom is 0.237 e. The molecule has 0 aromatic heterocycles. The Labute approximate surface area is 103 Å². The summed E-state index contributed by atoms with van der Waals surface area (Å²) >= 11 is 0. The standard InChI is InChI=1S/C14H20N2O/c17-14(13-9-5-2-6-10-15-13)16-11-12-7-3-1-4-8-12/h1,3-4,7-8,13,15H,2,5-6,9-11H2,(H,16,17)/t13-/m1/s1. The van der Waals surface area contributed by atoms with Gasteiger partial charge in [-0.25, -0.2) is 0 Å². The number of carbonyl (C=O) groups excluding carboxylic acids is 1. The van der Waals surface area contributed by atoms with Crippen molar-refractivity contribution >= 4 is 5.91 Å². The van der Waals surface area contributed by atoms with Crippen LogP contribution in [-0.4, -0.2) is 18.5 Å². The monoisotopic (exact) mass is 232 g/mol. The quantitative estimate of drug-likeness (QED) is 0.835. The average molecular weight is 232 g/mol. The Bertz CT molecular complexity index is 342. The Hall–Kier alpha value is -1.35. The Kier molecular flexibility index (Phi) is 4.56. The summed E-state index contributed by atoms with van der Waals surface area (Å²) in [5.74, 6) is 0.135. The first kappa shape index (κ1) is 12.1. The van der Waals surface area contributed by atoms with Gasteiger partial charge in [0, 0.05) is 6.54 Å². The van der Waals surface area contributed by atoms with Gasteiger partial charge in [-0.3, -0.25) is 4.79 Å². The second kappa shape index (κ2) is 6.40. The summed E-state index contributed by atoms with van der Waals surface area (Å²) < 4.78 is 0. The van der Waals surface area contributed by atoms with E-state index in [1.807, 2.05) is 30.3 Å². The number of carbonyl (C=O) groups is 1. The van der Waals surface area contributed by atoms with Crippen LogP contribution in [0.25, 0.3) is 0 Å². The fraction of sp³-hybridized carbons (Fsp3) is 0.500. The molecule has 1 aromatic rings. The predicted molar refractivity (Wildman–Crippen MR) is 68.5 cm³/mol. The molecule has 3 heteroatoms. The normalized spacial score (nSPS) is 20.6. The van der Waals surface area contributed by atoms with Crippen LogP contribution in [0.3, 0.4) is 0 Å². The van der Waals surface area contributed by atoms with E-state index in [4.69, 9.17) is 0 Å². The van der Waals surface area contributed by atoms with Gasteiger partial charge >= 0.3 is 0 Å². The van der Waals surface area contributed by atoms with Crippen molar-refractivity contribution in [1.29, 1.82) is 0 Å².